The Kier molecular flexibility index (Phi) is 5.16. The van der Waals surface area contributed by atoms with Crippen LogP contribution in [0.3, 0.4) is 0 Å². The lowest BCUT2D eigenvalue weighted by molar-refractivity contribution is -0.116. The van der Waals surface area contributed by atoms with E-state index in [4.69, 9.17) is 4.74 Å². The number of carbonyl (C=O) groups excluding carboxylic acids is 1. The van der Waals surface area contributed by atoms with Crippen molar-refractivity contribution < 1.29 is 9.53 Å². The summed E-state index contributed by atoms with van der Waals surface area (Å²) in [5, 5.41) is 7.21. The first-order chi connectivity index (χ1) is 13.6. The smallest absolute Gasteiger partial charge is 0.252 e. The van der Waals surface area contributed by atoms with Crippen molar-refractivity contribution in [3.8, 4) is 0 Å². The molecule has 3 aromatic heterocycles. The first-order valence-electron chi connectivity index (χ1n) is 9.37. The van der Waals surface area contributed by atoms with E-state index in [1.807, 2.05) is 26.0 Å². The van der Waals surface area contributed by atoms with Gasteiger partial charge in [-0.2, -0.15) is 10.1 Å². The molecule has 4 heterocycles. The number of nitrogens with one attached hydrogen (secondary N) is 1. The Morgan fingerprint density at radius 3 is 2.89 bits per heavy atom. The van der Waals surface area contributed by atoms with E-state index in [2.05, 4.69) is 30.3 Å². The second-order valence-electron chi connectivity index (χ2n) is 6.76. The molecule has 0 saturated carbocycles. The van der Waals surface area contributed by atoms with E-state index in [9.17, 15) is 4.79 Å². The van der Waals surface area contributed by atoms with Crippen molar-refractivity contribution >= 4 is 23.2 Å². The van der Waals surface area contributed by atoms with Gasteiger partial charge in [-0.25, -0.2) is 14.5 Å². The summed E-state index contributed by atoms with van der Waals surface area (Å²) >= 11 is 0. The van der Waals surface area contributed by atoms with Gasteiger partial charge in [-0.3, -0.25) is 4.79 Å². The minimum atomic E-state index is -0.0556. The molecule has 0 aliphatic carbocycles. The molecule has 1 aliphatic heterocycles. The fourth-order valence-electron chi connectivity index (χ4n) is 3.49. The van der Waals surface area contributed by atoms with Crippen LogP contribution in [-0.2, 0) is 16.0 Å². The highest BCUT2D eigenvalue weighted by Gasteiger charge is 2.18. The predicted octanol–water partition coefficient (Wildman–Crippen LogP) is 1.54. The molecule has 146 valence electrons. The zero-order chi connectivity index (χ0) is 19.5. The topological polar surface area (TPSA) is 97.5 Å². The van der Waals surface area contributed by atoms with Gasteiger partial charge in [0.05, 0.1) is 18.9 Å². The number of anilines is 2. The third kappa shape index (κ3) is 3.65. The fourth-order valence-corrected chi connectivity index (χ4v) is 3.49. The second kappa shape index (κ2) is 7.89. The molecular formula is C19H23N7O2. The summed E-state index contributed by atoms with van der Waals surface area (Å²) in [4.78, 5) is 27.8. The fraction of sp³-hybridized carbons (Fsp3) is 0.421. The maximum Gasteiger partial charge on any atom is 0.252 e. The number of rotatable bonds is 5. The van der Waals surface area contributed by atoms with Gasteiger partial charge >= 0.3 is 0 Å². The quantitative estimate of drug-likeness (QED) is 0.716. The Labute approximate surface area is 162 Å². The third-order valence-electron chi connectivity index (χ3n) is 4.96. The molecule has 3 aromatic rings. The van der Waals surface area contributed by atoms with Crippen LogP contribution in [0.5, 0.6) is 0 Å². The van der Waals surface area contributed by atoms with Gasteiger partial charge in [0.1, 0.15) is 6.33 Å². The van der Waals surface area contributed by atoms with E-state index >= 15 is 0 Å². The summed E-state index contributed by atoms with van der Waals surface area (Å²) in [6.45, 7) is 6.78. The molecule has 1 aliphatic rings. The Bertz CT molecular complexity index is 995. The van der Waals surface area contributed by atoms with Gasteiger partial charge in [0.2, 0.25) is 5.91 Å². The average Bonchev–Trinajstić information content (AvgIpc) is 3.17. The van der Waals surface area contributed by atoms with Crippen molar-refractivity contribution in [1.29, 1.82) is 0 Å². The van der Waals surface area contributed by atoms with Crippen LogP contribution in [0.4, 0.5) is 11.5 Å². The van der Waals surface area contributed by atoms with E-state index in [0.29, 0.717) is 31.8 Å². The monoisotopic (exact) mass is 381 g/mol. The number of hydrogen-bond donors (Lipinski definition) is 1. The molecule has 1 N–H and O–H groups in total. The van der Waals surface area contributed by atoms with Gasteiger partial charge in [0.25, 0.3) is 5.78 Å². The van der Waals surface area contributed by atoms with Gasteiger partial charge < -0.3 is 15.0 Å². The maximum absolute atomic E-state index is 12.6. The molecule has 0 atom stereocenters. The number of pyridine rings is 1. The largest absolute Gasteiger partial charge is 0.378 e. The van der Waals surface area contributed by atoms with Crippen LogP contribution in [0, 0.1) is 13.8 Å². The van der Waals surface area contributed by atoms with E-state index in [0.717, 1.165) is 41.5 Å². The summed E-state index contributed by atoms with van der Waals surface area (Å²) in [6, 6.07) is 3.71. The van der Waals surface area contributed by atoms with Crippen molar-refractivity contribution in [2.75, 3.05) is 36.5 Å². The summed E-state index contributed by atoms with van der Waals surface area (Å²) in [5.41, 5.74) is 3.59. The van der Waals surface area contributed by atoms with E-state index in [1.54, 1.807) is 10.7 Å². The van der Waals surface area contributed by atoms with Crippen molar-refractivity contribution in [2.24, 2.45) is 0 Å². The highest BCUT2D eigenvalue weighted by molar-refractivity contribution is 5.93. The standard InChI is InChI=1S/C19H23N7O2/c1-13-15(14(2)26-19(23-13)21-12-22-26)5-6-17(27)24-16-4-3-7-20-18(16)25-8-10-28-11-9-25/h3-4,7,12H,5-6,8-11H2,1-2H3,(H,24,27). The van der Waals surface area contributed by atoms with Crippen molar-refractivity contribution in [3.05, 3.63) is 41.6 Å². The second-order valence-corrected chi connectivity index (χ2v) is 6.76. The van der Waals surface area contributed by atoms with Crippen LogP contribution >= 0.6 is 0 Å². The minimum absolute atomic E-state index is 0.0556. The highest BCUT2D eigenvalue weighted by Crippen LogP contribution is 2.24. The normalized spacial score (nSPS) is 14.4. The van der Waals surface area contributed by atoms with E-state index in [-0.39, 0.29) is 5.91 Å². The number of aromatic nitrogens is 5. The Morgan fingerprint density at radius 2 is 2.07 bits per heavy atom. The van der Waals surface area contributed by atoms with Crippen molar-refractivity contribution in [3.63, 3.8) is 0 Å². The zero-order valence-electron chi connectivity index (χ0n) is 16.1. The molecule has 1 amide bonds. The zero-order valence-corrected chi connectivity index (χ0v) is 16.1. The summed E-state index contributed by atoms with van der Waals surface area (Å²) in [7, 11) is 0. The van der Waals surface area contributed by atoms with Gasteiger partial charge in [0.15, 0.2) is 5.82 Å². The number of nitrogens with zero attached hydrogens (tertiary/aromatic N) is 6. The van der Waals surface area contributed by atoms with E-state index < -0.39 is 0 Å². The third-order valence-corrected chi connectivity index (χ3v) is 4.96. The highest BCUT2D eigenvalue weighted by atomic mass is 16.5. The van der Waals surface area contributed by atoms with Crippen molar-refractivity contribution in [2.45, 2.75) is 26.7 Å². The van der Waals surface area contributed by atoms with Crippen LogP contribution < -0.4 is 10.2 Å². The lowest BCUT2D eigenvalue weighted by Gasteiger charge is -2.29. The molecule has 28 heavy (non-hydrogen) atoms. The number of morpholine rings is 1. The van der Waals surface area contributed by atoms with Gasteiger partial charge in [-0.1, -0.05) is 0 Å². The van der Waals surface area contributed by atoms with Crippen molar-refractivity contribution in [1.82, 2.24) is 24.6 Å². The average molecular weight is 381 g/mol. The summed E-state index contributed by atoms with van der Waals surface area (Å²) in [5.74, 6) is 1.31. The molecular weight excluding hydrogens is 358 g/mol. The Hall–Kier alpha value is -3.07. The Balaban J connectivity index is 1.46. The molecule has 1 saturated heterocycles. The number of carbonyl (C=O) groups is 1. The molecule has 9 nitrogen and oxygen atoms in total. The predicted molar refractivity (Wildman–Crippen MR) is 104 cm³/mol. The first-order valence-corrected chi connectivity index (χ1v) is 9.37. The van der Waals surface area contributed by atoms with Gasteiger partial charge in [-0.05, 0) is 38.0 Å². The lowest BCUT2D eigenvalue weighted by Crippen LogP contribution is -2.37. The molecule has 0 radical (unpaired) electrons. The number of amides is 1. The molecule has 4 rings (SSSR count). The van der Waals surface area contributed by atoms with Crippen LogP contribution in [0.15, 0.2) is 24.7 Å². The molecule has 0 bridgehead atoms. The van der Waals surface area contributed by atoms with Crippen LogP contribution in [0.2, 0.25) is 0 Å². The molecule has 0 aromatic carbocycles. The molecule has 0 unspecified atom stereocenters. The molecule has 1 fully saturated rings. The number of aryl methyl sites for hydroxylation is 2. The maximum atomic E-state index is 12.6. The van der Waals surface area contributed by atoms with Gasteiger partial charge in [0, 0.05) is 37.1 Å². The van der Waals surface area contributed by atoms with Crippen LogP contribution in [0.25, 0.3) is 5.78 Å². The SMILES string of the molecule is Cc1nc2ncnn2c(C)c1CCC(=O)Nc1cccnc1N1CCOCC1. The summed E-state index contributed by atoms with van der Waals surface area (Å²) < 4.78 is 7.11. The van der Waals surface area contributed by atoms with Crippen LogP contribution in [-0.4, -0.2) is 56.8 Å². The Morgan fingerprint density at radius 1 is 1.25 bits per heavy atom. The van der Waals surface area contributed by atoms with Crippen LogP contribution in [0.1, 0.15) is 23.4 Å². The molecule has 9 heteroatoms. The first kappa shape index (κ1) is 18.3. The van der Waals surface area contributed by atoms with Gasteiger partial charge in [-0.15, -0.1) is 0 Å². The number of fused-ring (bicyclic) bond motifs is 1. The summed E-state index contributed by atoms with van der Waals surface area (Å²) in [6.07, 6.45) is 4.16. The lowest BCUT2D eigenvalue weighted by atomic mass is 10.1. The number of hydrogen-bond acceptors (Lipinski definition) is 7. The van der Waals surface area contributed by atoms with E-state index in [1.165, 1.54) is 6.33 Å². The number of ether oxygens (including phenoxy) is 1. The minimum Gasteiger partial charge on any atom is -0.378 e. The molecule has 0 spiro atoms.